The van der Waals surface area contributed by atoms with Gasteiger partial charge in [0.05, 0.1) is 0 Å². The van der Waals surface area contributed by atoms with E-state index >= 15 is 0 Å². The molecule has 0 radical (unpaired) electrons. The van der Waals surface area contributed by atoms with Crippen LogP contribution in [0.1, 0.15) is 27.7 Å². The zero-order valence-corrected chi connectivity index (χ0v) is 18.6. The molecular weight excluding hydrogens is 386 g/mol. The molecule has 1 amide bonds. The van der Waals surface area contributed by atoms with E-state index in [9.17, 15) is 4.79 Å². The number of rotatable bonds is 7. The first kappa shape index (κ1) is 21.6. The van der Waals surface area contributed by atoms with Crippen LogP contribution in [0.15, 0.2) is 16.5 Å². The number of carbonyl (C=O) groups excluding carboxylic acids is 1. The van der Waals surface area contributed by atoms with E-state index in [1.54, 1.807) is 23.1 Å². The molecule has 1 fully saturated rings. The fourth-order valence-electron chi connectivity index (χ4n) is 2.82. The molecule has 1 aromatic heterocycles. The van der Waals surface area contributed by atoms with Gasteiger partial charge < -0.3 is 15.1 Å². The number of piperazine rings is 1. The number of aromatic nitrogens is 2. The van der Waals surface area contributed by atoms with Crippen LogP contribution in [0.5, 0.6) is 0 Å². The number of carbonyl (C=O) groups is 1. The van der Waals surface area contributed by atoms with Crippen LogP contribution in [0.3, 0.4) is 0 Å². The first-order valence-corrected chi connectivity index (χ1v) is 11.2. The summed E-state index contributed by atoms with van der Waals surface area (Å²) < 4.78 is 3.80. The summed E-state index contributed by atoms with van der Waals surface area (Å²) in [6.45, 7) is 17.4. The summed E-state index contributed by atoms with van der Waals surface area (Å²) in [4.78, 5) is 14.9. The van der Waals surface area contributed by atoms with Crippen molar-refractivity contribution in [2.75, 3.05) is 38.5 Å². The second-order valence-corrected chi connectivity index (χ2v) is 10.9. The molecule has 9 heteroatoms. The van der Waals surface area contributed by atoms with Crippen molar-refractivity contribution < 1.29 is 14.6 Å². The highest BCUT2D eigenvalue weighted by molar-refractivity contribution is 8.01. The molecule has 6 nitrogen and oxygen atoms in total. The molecule has 0 aromatic carbocycles. The van der Waals surface area contributed by atoms with Gasteiger partial charge in [-0.15, -0.1) is 5.10 Å². The molecule has 1 aliphatic rings. The minimum Gasteiger partial charge on any atom is -0.347 e. The fourth-order valence-corrected chi connectivity index (χ4v) is 5.00. The van der Waals surface area contributed by atoms with Crippen LogP contribution < -0.4 is 15.1 Å². The third kappa shape index (κ3) is 7.48. The monoisotopic (exact) mass is 417 g/mol. The van der Waals surface area contributed by atoms with E-state index in [2.05, 4.69) is 17.0 Å². The lowest BCUT2D eigenvalue weighted by Gasteiger charge is -2.30. The SMILES string of the molecule is C=C(C)CSc1nn(C[NH+]2CC[NH+](CC(=O)NC(C)(C)C)CC2)c(=S)s1. The summed E-state index contributed by atoms with van der Waals surface area (Å²) in [5.41, 5.74) is 0.979. The molecule has 3 N–H and O–H groups in total. The van der Waals surface area contributed by atoms with Crippen molar-refractivity contribution in [2.45, 2.75) is 44.2 Å². The zero-order chi connectivity index (χ0) is 19.3. The molecule has 26 heavy (non-hydrogen) atoms. The molecule has 1 aromatic rings. The molecule has 0 bridgehead atoms. The van der Waals surface area contributed by atoms with Crippen LogP contribution in [-0.2, 0) is 11.5 Å². The van der Waals surface area contributed by atoms with Gasteiger partial charge in [-0.2, -0.15) is 4.68 Å². The molecule has 0 aliphatic carbocycles. The van der Waals surface area contributed by atoms with Gasteiger partial charge in [-0.25, -0.2) is 0 Å². The Morgan fingerprint density at radius 2 is 1.96 bits per heavy atom. The summed E-state index contributed by atoms with van der Waals surface area (Å²) in [5, 5.41) is 7.69. The molecule has 2 rings (SSSR count). The minimum absolute atomic E-state index is 0.136. The lowest BCUT2D eigenvalue weighted by atomic mass is 10.1. The number of nitrogens with zero attached hydrogens (tertiary/aromatic N) is 2. The largest absolute Gasteiger partial charge is 0.347 e. The maximum Gasteiger partial charge on any atom is 0.275 e. The summed E-state index contributed by atoms with van der Waals surface area (Å²) in [5.74, 6) is 1.02. The van der Waals surface area contributed by atoms with E-state index in [4.69, 9.17) is 12.2 Å². The number of amides is 1. The van der Waals surface area contributed by atoms with Crippen molar-refractivity contribution in [2.24, 2.45) is 0 Å². The second-order valence-electron chi connectivity index (χ2n) is 8.01. The normalized spacial score (nSPS) is 20.8. The van der Waals surface area contributed by atoms with Crippen LogP contribution in [0.2, 0.25) is 0 Å². The van der Waals surface area contributed by atoms with Crippen molar-refractivity contribution in [1.29, 1.82) is 0 Å². The van der Waals surface area contributed by atoms with Gasteiger partial charge in [0, 0.05) is 11.3 Å². The minimum atomic E-state index is -0.162. The maximum absolute atomic E-state index is 12.1. The molecular formula is C17H31N5OS3+2. The lowest BCUT2D eigenvalue weighted by Crippen LogP contribution is -3.28. The fraction of sp³-hybridized carbons (Fsp3) is 0.706. The Kier molecular flexibility index (Phi) is 7.84. The van der Waals surface area contributed by atoms with Crippen LogP contribution in [0.25, 0.3) is 0 Å². The number of hydrogen-bond donors (Lipinski definition) is 3. The summed E-state index contributed by atoms with van der Waals surface area (Å²) in [6, 6.07) is 0. The predicted octanol–water partition coefficient (Wildman–Crippen LogP) is -0.00211. The second kappa shape index (κ2) is 9.45. The first-order valence-electron chi connectivity index (χ1n) is 8.95. The van der Waals surface area contributed by atoms with E-state index in [1.165, 1.54) is 9.80 Å². The maximum atomic E-state index is 12.1. The average molecular weight is 418 g/mol. The van der Waals surface area contributed by atoms with Gasteiger partial charge in [0.1, 0.15) is 26.2 Å². The van der Waals surface area contributed by atoms with E-state index < -0.39 is 0 Å². The van der Waals surface area contributed by atoms with Gasteiger partial charge in [-0.05, 0) is 39.9 Å². The van der Waals surface area contributed by atoms with E-state index in [0.717, 1.165) is 52.5 Å². The van der Waals surface area contributed by atoms with Gasteiger partial charge in [-0.3, -0.25) is 4.79 Å². The average Bonchev–Trinajstić information content (AvgIpc) is 2.85. The molecule has 2 heterocycles. The van der Waals surface area contributed by atoms with E-state index in [0.29, 0.717) is 6.54 Å². The van der Waals surface area contributed by atoms with Gasteiger partial charge in [0.25, 0.3) is 5.91 Å². The highest BCUT2D eigenvalue weighted by Crippen LogP contribution is 2.23. The number of hydrogen-bond acceptors (Lipinski definition) is 5. The van der Waals surface area contributed by atoms with Gasteiger partial charge in [0.2, 0.25) is 0 Å². The zero-order valence-electron chi connectivity index (χ0n) is 16.2. The Morgan fingerprint density at radius 1 is 1.35 bits per heavy atom. The van der Waals surface area contributed by atoms with E-state index in [1.807, 2.05) is 32.4 Å². The third-order valence-electron chi connectivity index (χ3n) is 3.99. The third-order valence-corrected chi connectivity index (χ3v) is 6.66. The van der Waals surface area contributed by atoms with Crippen molar-refractivity contribution in [1.82, 2.24) is 15.1 Å². The summed E-state index contributed by atoms with van der Waals surface area (Å²) >= 11 is 8.74. The first-order chi connectivity index (χ1) is 12.1. The van der Waals surface area contributed by atoms with Gasteiger partial charge >= 0.3 is 0 Å². The molecule has 1 aliphatic heterocycles. The Labute approximate surface area is 169 Å². The van der Waals surface area contributed by atoms with E-state index in [-0.39, 0.29) is 11.4 Å². The topological polar surface area (TPSA) is 55.8 Å². The van der Waals surface area contributed by atoms with Crippen molar-refractivity contribution in [3.05, 3.63) is 16.1 Å². The van der Waals surface area contributed by atoms with Gasteiger partial charge in [-0.1, -0.05) is 35.3 Å². The van der Waals surface area contributed by atoms with Crippen molar-refractivity contribution in [3.8, 4) is 0 Å². The standard InChI is InChI=1S/C17H29N5OS3/c1-13(2)11-25-15-19-22(16(24)26-15)12-21-8-6-20(7-9-21)10-14(23)18-17(3,4)5/h1,6-12H2,2-5H3,(H,18,23)/p+2. The van der Waals surface area contributed by atoms with Crippen molar-refractivity contribution in [3.63, 3.8) is 0 Å². The molecule has 146 valence electrons. The van der Waals surface area contributed by atoms with Gasteiger partial charge in [0.15, 0.2) is 21.5 Å². The Bertz CT molecular complexity index is 683. The molecule has 0 saturated carbocycles. The molecule has 0 atom stereocenters. The lowest BCUT2D eigenvalue weighted by molar-refractivity contribution is -1.02. The highest BCUT2D eigenvalue weighted by atomic mass is 32.2. The smallest absolute Gasteiger partial charge is 0.275 e. The quantitative estimate of drug-likeness (QED) is 0.332. The Hall–Kier alpha value is -0.740. The van der Waals surface area contributed by atoms with Crippen LogP contribution in [0.4, 0.5) is 0 Å². The summed E-state index contributed by atoms with van der Waals surface area (Å²) in [7, 11) is 0. The van der Waals surface area contributed by atoms with Crippen molar-refractivity contribution >= 4 is 41.2 Å². The highest BCUT2D eigenvalue weighted by Gasteiger charge is 2.26. The number of quaternary nitrogens is 2. The Balaban J connectivity index is 1.79. The Morgan fingerprint density at radius 3 is 2.54 bits per heavy atom. The predicted molar refractivity (Wildman–Crippen MR) is 111 cm³/mol. The molecule has 0 unspecified atom stereocenters. The van der Waals surface area contributed by atoms with Crippen LogP contribution >= 0.6 is 35.3 Å². The number of thioether (sulfide) groups is 1. The number of nitrogens with one attached hydrogen (secondary N) is 3. The molecule has 0 spiro atoms. The summed E-state index contributed by atoms with van der Waals surface area (Å²) in [6.07, 6.45) is 0. The molecule has 1 saturated heterocycles. The van der Waals surface area contributed by atoms with Crippen LogP contribution in [-0.4, -0.2) is 59.7 Å². The van der Waals surface area contributed by atoms with Crippen LogP contribution in [0, 0.1) is 3.95 Å².